The van der Waals surface area contributed by atoms with Gasteiger partial charge in [-0.25, -0.2) is 4.79 Å². The van der Waals surface area contributed by atoms with Crippen LogP contribution < -0.4 is 5.32 Å². The van der Waals surface area contributed by atoms with Crippen LogP contribution in [0, 0.1) is 6.92 Å². The lowest BCUT2D eigenvalue weighted by atomic mass is 10.4. The molecule has 0 atom stereocenters. The zero-order valence-corrected chi connectivity index (χ0v) is 11.7. The molecular weight excluding hydrogens is 258 g/mol. The van der Waals surface area contributed by atoms with Crippen LogP contribution in [0.5, 0.6) is 0 Å². The Morgan fingerprint density at radius 1 is 1.45 bits per heavy atom. The van der Waals surface area contributed by atoms with E-state index in [0.29, 0.717) is 24.8 Å². The standard InChI is InChI=1S/C13H19N5O2/c1-11-15-12(20-16-11)10-17(2)13(19)14-6-5-9-18-7-3-4-8-18/h3-4,7-8H,5-6,9-10H2,1-2H3,(H,14,19). The van der Waals surface area contributed by atoms with Gasteiger partial charge in [-0.15, -0.1) is 0 Å². The van der Waals surface area contributed by atoms with E-state index in [1.165, 1.54) is 4.90 Å². The second-order valence-corrected chi connectivity index (χ2v) is 4.60. The quantitative estimate of drug-likeness (QED) is 0.810. The van der Waals surface area contributed by atoms with Crippen LogP contribution in [-0.2, 0) is 13.1 Å². The molecule has 0 saturated carbocycles. The van der Waals surface area contributed by atoms with Crippen molar-refractivity contribution in [3.05, 3.63) is 36.2 Å². The van der Waals surface area contributed by atoms with Crippen LogP contribution in [0.1, 0.15) is 18.1 Å². The van der Waals surface area contributed by atoms with Crippen LogP contribution in [0.4, 0.5) is 4.79 Å². The first kappa shape index (κ1) is 14.1. The normalized spacial score (nSPS) is 10.5. The van der Waals surface area contributed by atoms with E-state index in [9.17, 15) is 4.79 Å². The molecule has 1 N–H and O–H groups in total. The smallest absolute Gasteiger partial charge is 0.317 e. The van der Waals surface area contributed by atoms with E-state index in [4.69, 9.17) is 4.52 Å². The predicted molar refractivity (Wildman–Crippen MR) is 72.9 cm³/mol. The molecule has 2 heterocycles. The van der Waals surface area contributed by atoms with Crippen molar-refractivity contribution in [2.75, 3.05) is 13.6 Å². The van der Waals surface area contributed by atoms with Crippen LogP contribution in [0.15, 0.2) is 29.0 Å². The lowest BCUT2D eigenvalue weighted by Crippen LogP contribution is -2.37. The summed E-state index contributed by atoms with van der Waals surface area (Å²) in [5.74, 6) is 1.01. The molecule has 0 aliphatic carbocycles. The third-order valence-corrected chi connectivity index (χ3v) is 2.82. The Morgan fingerprint density at radius 3 is 2.85 bits per heavy atom. The Balaban J connectivity index is 1.66. The van der Waals surface area contributed by atoms with E-state index in [0.717, 1.165) is 13.0 Å². The third kappa shape index (κ3) is 4.11. The van der Waals surface area contributed by atoms with Gasteiger partial charge in [0, 0.05) is 32.5 Å². The van der Waals surface area contributed by atoms with Crippen LogP contribution in [0.25, 0.3) is 0 Å². The molecule has 0 fully saturated rings. The summed E-state index contributed by atoms with van der Waals surface area (Å²) in [6.45, 7) is 3.57. The number of hydrogen-bond donors (Lipinski definition) is 1. The molecule has 0 aliphatic rings. The first-order valence-electron chi connectivity index (χ1n) is 6.54. The highest BCUT2D eigenvalue weighted by Crippen LogP contribution is 2.00. The molecule has 0 radical (unpaired) electrons. The van der Waals surface area contributed by atoms with Gasteiger partial charge in [-0.3, -0.25) is 0 Å². The molecule has 0 bridgehead atoms. The molecule has 0 unspecified atom stereocenters. The lowest BCUT2D eigenvalue weighted by molar-refractivity contribution is 0.199. The largest absolute Gasteiger partial charge is 0.354 e. The van der Waals surface area contributed by atoms with Crippen LogP contribution in [0.2, 0.25) is 0 Å². The van der Waals surface area contributed by atoms with Gasteiger partial charge in [0.15, 0.2) is 5.82 Å². The second kappa shape index (κ2) is 6.74. The Morgan fingerprint density at radius 2 is 2.20 bits per heavy atom. The fraction of sp³-hybridized carbons (Fsp3) is 0.462. The summed E-state index contributed by atoms with van der Waals surface area (Å²) in [6.07, 6.45) is 4.89. The van der Waals surface area contributed by atoms with Crippen molar-refractivity contribution in [2.24, 2.45) is 0 Å². The maximum Gasteiger partial charge on any atom is 0.317 e. The molecule has 0 spiro atoms. The first-order chi connectivity index (χ1) is 9.65. The highest BCUT2D eigenvalue weighted by atomic mass is 16.5. The van der Waals surface area contributed by atoms with Crippen molar-refractivity contribution < 1.29 is 9.32 Å². The minimum atomic E-state index is -0.145. The average molecular weight is 277 g/mol. The summed E-state index contributed by atoms with van der Waals surface area (Å²) in [6, 6.07) is 3.82. The maximum atomic E-state index is 11.8. The monoisotopic (exact) mass is 277 g/mol. The van der Waals surface area contributed by atoms with E-state index in [1.807, 2.05) is 24.5 Å². The highest BCUT2D eigenvalue weighted by molar-refractivity contribution is 5.73. The van der Waals surface area contributed by atoms with Crippen molar-refractivity contribution in [1.82, 2.24) is 24.9 Å². The fourth-order valence-corrected chi connectivity index (χ4v) is 1.79. The van der Waals surface area contributed by atoms with Gasteiger partial charge in [-0.05, 0) is 25.5 Å². The summed E-state index contributed by atoms with van der Waals surface area (Å²) >= 11 is 0. The van der Waals surface area contributed by atoms with Gasteiger partial charge in [-0.1, -0.05) is 5.16 Å². The number of nitrogens with one attached hydrogen (secondary N) is 1. The Kier molecular flexibility index (Phi) is 4.75. The average Bonchev–Trinajstić information content (AvgIpc) is 3.06. The molecule has 0 aromatic carbocycles. The van der Waals surface area contributed by atoms with Crippen molar-refractivity contribution >= 4 is 6.03 Å². The van der Waals surface area contributed by atoms with E-state index in [-0.39, 0.29) is 6.03 Å². The number of aromatic nitrogens is 3. The first-order valence-corrected chi connectivity index (χ1v) is 6.54. The van der Waals surface area contributed by atoms with E-state index in [2.05, 4.69) is 20.0 Å². The van der Waals surface area contributed by atoms with Crippen LogP contribution in [0.3, 0.4) is 0 Å². The van der Waals surface area contributed by atoms with E-state index in [1.54, 1.807) is 14.0 Å². The van der Waals surface area contributed by atoms with Crippen molar-refractivity contribution in [1.29, 1.82) is 0 Å². The second-order valence-electron chi connectivity index (χ2n) is 4.60. The molecule has 0 aliphatic heterocycles. The number of urea groups is 1. The molecule has 2 aromatic rings. The zero-order valence-electron chi connectivity index (χ0n) is 11.7. The van der Waals surface area contributed by atoms with Gasteiger partial charge in [-0.2, -0.15) is 4.98 Å². The summed E-state index contributed by atoms with van der Waals surface area (Å²) in [4.78, 5) is 17.4. The zero-order chi connectivity index (χ0) is 14.4. The summed E-state index contributed by atoms with van der Waals surface area (Å²) < 4.78 is 7.05. The Labute approximate surface area is 117 Å². The molecule has 20 heavy (non-hydrogen) atoms. The van der Waals surface area contributed by atoms with Gasteiger partial charge in [0.2, 0.25) is 5.89 Å². The van der Waals surface area contributed by atoms with Crippen LogP contribution in [-0.4, -0.2) is 39.2 Å². The number of hydrogen-bond acceptors (Lipinski definition) is 4. The predicted octanol–water partition coefficient (Wildman–Crippen LogP) is 1.41. The third-order valence-electron chi connectivity index (χ3n) is 2.82. The molecule has 2 rings (SSSR count). The Bertz CT molecular complexity index is 535. The molecule has 2 amide bonds. The molecule has 7 heteroatoms. The maximum absolute atomic E-state index is 11.8. The van der Waals surface area contributed by atoms with Crippen molar-refractivity contribution in [3.8, 4) is 0 Å². The summed E-state index contributed by atoms with van der Waals surface area (Å²) in [5.41, 5.74) is 0. The van der Waals surface area contributed by atoms with Gasteiger partial charge >= 0.3 is 6.03 Å². The SMILES string of the molecule is Cc1noc(CN(C)C(=O)NCCCn2cccc2)n1. The topological polar surface area (TPSA) is 76.2 Å². The molecule has 108 valence electrons. The van der Waals surface area contributed by atoms with Crippen molar-refractivity contribution in [2.45, 2.75) is 26.4 Å². The molecule has 2 aromatic heterocycles. The molecular formula is C13H19N5O2. The molecule has 7 nitrogen and oxygen atoms in total. The number of carbonyl (C=O) groups excluding carboxylic acids is 1. The van der Waals surface area contributed by atoms with Gasteiger partial charge < -0.3 is 19.3 Å². The molecule has 0 saturated heterocycles. The number of nitrogens with zero attached hydrogens (tertiary/aromatic N) is 4. The van der Waals surface area contributed by atoms with Gasteiger partial charge in [0.1, 0.15) is 6.54 Å². The Hall–Kier alpha value is -2.31. The number of aryl methyl sites for hydroxylation is 2. The summed E-state index contributed by atoms with van der Waals surface area (Å²) in [5, 5.41) is 6.54. The number of amides is 2. The van der Waals surface area contributed by atoms with Crippen molar-refractivity contribution in [3.63, 3.8) is 0 Å². The number of carbonyl (C=O) groups is 1. The van der Waals surface area contributed by atoms with E-state index >= 15 is 0 Å². The lowest BCUT2D eigenvalue weighted by Gasteiger charge is -2.15. The highest BCUT2D eigenvalue weighted by Gasteiger charge is 2.12. The minimum absolute atomic E-state index is 0.145. The van der Waals surface area contributed by atoms with Gasteiger partial charge in [0.25, 0.3) is 0 Å². The van der Waals surface area contributed by atoms with E-state index < -0.39 is 0 Å². The minimum Gasteiger partial charge on any atom is -0.354 e. The van der Waals surface area contributed by atoms with Crippen LogP contribution >= 0.6 is 0 Å². The summed E-state index contributed by atoms with van der Waals surface area (Å²) in [7, 11) is 1.70. The fourth-order valence-electron chi connectivity index (χ4n) is 1.79. The van der Waals surface area contributed by atoms with Gasteiger partial charge in [0.05, 0.1) is 0 Å². The number of rotatable bonds is 6.